The van der Waals surface area contributed by atoms with Crippen LogP contribution in [0.15, 0.2) is 29.6 Å². The Bertz CT molecular complexity index is 600. The number of halogens is 1. The number of amides is 1. The molecule has 0 aliphatic carbocycles. The number of hydrogen-bond donors (Lipinski definition) is 2. The first-order valence-electron chi connectivity index (χ1n) is 6.59. The van der Waals surface area contributed by atoms with Crippen molar-refractivity contribution in [1.82, 2.24) is 15.6 Å². The van der Waals surface area contributed by atoms with E-state index in [9.17, 15) is 4.79 Å². The zero-order chi connectivity index (χ0) is 14.5. The number of carbonyl (C=O) groups is 1. The fraction of sp³-hybridized carbons (Fsp3) is 0.333. The van der Waals surface area contributed by atoms with E-state index >= 15 is 0 Å². The van der Waals surface area contributed by atoms with Crippen LogP contribution in [0.25, 0.3) is 10.6 Å². The Kier molecular flexibility index (Phi) is 6.81. The topological polar surface area (TPSA) is 54.0 Å². The molecular formula is C15H20ClN3OS. The Morgan fingerprint density at radius 1 is 1.38 bits per heavy atom. The molecule has 1 heterocycles. The van der Waals surface area contributed by atoms with Crippen molar-refractivity contribution in [3.8, 4) is 10.6 Å². The minimum Gasteiger partial charge on any atom is -0.349 e. The van der Waals surface area contributed by atoms with Crippen molar-refractivity contribution in [2.75, 3.05) is 13.6 Å². The lowest BCUT2D eigenvalue weighted by Crippen LogP contribution is -2.37. The maximum Gasteiger partial charge on any atom is 0.270 e. The summed E-state index contributed by atoms with van der Waals surface area (Å²) in [6, 6.07) is 8.30. The highest BCUT2D eigenvalue weighted by molar-refractivity contribution is 7.13. The number of carbonyl (C=O) groups excluding carboxylic acids is 1. The third-order valence-electron chi connectivity index (χ3n) is 3.17. The van der Waals surface area contributed by atoms with Crippen molar-refractivity contribution >= 4 is 29.7 Å². The molecule has 4 nitrogen and oxygen atoms in total. The second kappa shape index (κ2) is 8.12. The van der Waals surface area contributed by atoms with Gasteiger partial charge in [0.2, 0.25) is 0 Å². The third kappa shape index (κ3) is 4.52. The smallest absolute Gasteiger partial charge is 0.270 e. The van der Waals surface area contributed by atoms with Crippen LogP contribution in [0.2, 0.25) is 0 Å². The summed E-state index contributed by atoms with van der Waals surface area (Å²) in [5, 5.41) is 8.64. The predicted octanol–water partition coefficient (Wildman–Crippen LogP) is 2.88. The van der Waals surface area contributed by atoms with E-state index in [0.29, 0.717) is 12.2 Å². The van der Waals surface area contributed by atoms with Gasteiger partial charge in [-0.2, -0.15) is 0 Å². The van der Waals surface area contributed by atoms with Crippen LogP contribution in [0.3, 0.4) is 0 Å². The second-order valence-corrected chi connectivity index (χ2v) is 5.61. The summed E-state index contributed by atoms with van der Waals surface area (Å²) in [6.07, 6.45) is 0. The van der Waals surface area contributed by atoms with E-state index in [1.165, 1.54) is 11.3 Å². The zero-order valence-electron chi connectivity index (χ0n) is 12.3. The average Bonchev–Trinajstić information content (AvgIpc) is 2.94. The molecule has 1 aromatic heterocycles. The Balaban J connectivity index is 0.00000220. The number of nitrogens with zero attached hydrogens (tertiary/aromatic N) is 1. The number of rotatable bonds is 5. The highest BCUT2D eigenvalue weighted by Gasteiger charge is 2.13. The van der Waals surface area contributed by atoms with E-state index in [-0.39, 0.29) is 24.4 Å². The molecule has 0 saturated heterocycles. The van der Waals surface area contributed by atoms with Crippen LogP contribution in [-0.4, -0.2) is 30.5 Å². The van der Waals surface area contributed by atoms with Crippen LogP contribution in [0, 0.1) is 6.92 Å². The predicted molar refractivity (Wildman–Crippen MR) is 90.4 cm³/mol. The van der Waals surface area contributed by atoms with Gasteiger partial charge in [-0.15, -0.1) is 23.7 Å². The third-order valence-corrected chi connectivity index (χ3v) is 4.05. The lowest BCUT2D eigenvalue weighted by Gasteiger charge is -2.10. The van der Waals surface area contributed by atoms with E-state index in [0.717, 1.165) is 16.1 Å². The fourth-order valence-electron chi connectivity index (χ4n) is 1.75. The Hall–Kier alpha value is -1.43. The SMILES string of the molecule is CNC(C)CNC(=O)c1csc(-c2ccccc2C)n1.Cl. The first-order valence-corrected chi connectivity index (χ1v) is 7.46. The van der Waals surface area contributed by atoms with Gasteiger partial charge in [0.25, 0.3) is 5.91 Å². The van der Waals surface area contributed by atoms with E-state index in [1.807, 2.05) is 45.2 Å². The fourth-order valence-corrected chi connectivity index (χ4v) is 2.64. The van der Waals surface area contributed by atoms with Crippen LogP contribution < -0.4 is 10.6 Å². The highest BCUT2D eigenvalue weighted by atomic mass is 35.5. The molecule has 0 radical (unpaired) electrons. The molecular weight excluding hydrogens is 306 g/mol. The minimum absolute atomic E-state index is 0. The van der Waals surface area contributed by atoms with Gasteiger partial charge in [-0.1, -0.05) is 24.3 Å². The summed E-state index contributed by atoms with van der Waals surface area (Å²) < 4.78 is 0. The van der Waals surface area contributed by atoms with E-state index in [1.54, 1.807) is 5.38 Å². The summed E-state index contributed by atoms with van der Waals surface area (Å²) >= 11 is 1.50. The lowest BCUT2D eigenvalue weighted by molar-refractivity contribution is 0.0946. The maximum atomic E-state index is 12.0. The van der Waals surface area contributed by atoms with Gasteiger partial charge in [0.1, 0.15) is 10.7 Å². The van der Waals surface area contributed by atoms with Crippen molar-refractivity contribution < 1.29 is 4.79 Å². The molecule has 0 fully saturated rings. The molecule has 2 aromatic rings. The van der Waals surface area contributed by atoms with Crippen molar-refractivity contribution in [3.63, 3.8) is 0 Å². The second-order valence-electron chi connectivity index (χ2n) is 4.75. The van der Waals surface area contributed by atoms with Gasteiger partial charge in [-0.25, -0.2) is 4.98 Å². The highest BCUT2D eigenvalue weighted by Crippen LogP contribution is 2.26. The number of likely N-dealkylation sites (N-methyl/N-ethyl adjacent to an activating group) is 1. The molecule has 0 bridgehead atoms. The molecule has 1 unspecified atom stereocenters. The molecule has 2 rings (SSSR count). The van der Waals surface area contributed by atoms with Gasteiger partial charge >= 0.3 is 0 Å². The summed E-state index contributed by atoms with van der Waals surface area (Å²) in [5.41, 5.74) is 2.73. The zero-order valence-corrected chi connectivity index (χ0v) is 14.0. The van der Waals surface area contributed by atoms with E-state index in [2.05, 4.69) is 15.6 Å². The number of hydrogen-bond acceptors (Lipinski definition) is 4. The normalized spacial score (nSPS) is 11.6. The molecule has 0 aliphatic rings. The van der Waals surface area contributed by atoms with Gasteiger partial charge in [0.05, 0.1) is 0 Å². The Labute approximate surface area is 135 Å². The minimum atomic E-state index is -0.122. The quantitative estimate of drug-likeness (QED) is 0.888. The van der Waals surface area contributed by atoms with Crippen LogP contribution in [-0.2, 0) is 0 Å². The molecule has 1 atom stereocenters. The molecule has 114 valence electrons. The number of benzene rings is 1. The molecule has 0 saturated carbocycles. The average molecular weight is 326 g/mol. The standard InChI is InChI=1S/C15H19N3OS.ClH/c1-10-6-4-5-7-12(10)15-18-13(9-20-15)14(19)17-8-11(2)16-3;/h4-7,9,11,16H,8H2,1-3H3,(H,17,19);1H. The Morgan fingerprint density at radius 2 is 2.10 bits per heavy atom. The van der Waals surface area contributed by atoms with Gasteiger partial charge in [0.15, 0.2) is 0 Å². The van der Waals surface area contributed by atoms with Crippen molar-refractivity contribution in [3.05, 3.63) is 40.9 Å². The van der Waals surface area contributed by atoms with Crippen LogP contribution in [0.4, 0.5) is 0 Å². The van der Waals surface area contributed by atoms with Crippen LogP contribution in [0.5, 0.6) is 0 Å². The van der Waals surface area contributed by atoms with Gasteiger partial charge < -0.3 is 10.6 Å². The van der Waals surface area contributed by atoms with Crippen LogP contribution in [0.1, 0.15) is 23.0 Å². The Morgan fingerprint density at radius 3 is 2.76 bits per heavy atom. The number of nitrogens with one attached hydrogen (secondary N) is 2. The van der Waals surface area contributed by atoms with Gasteiger partial charge in [-0.3, -0.25) is 4.79 Å². The van der Waals surface area contributed by atoms with Gasteiger partial charge in [-0.05, 0) is 26.5 Å². The first-order chi connectivity index (χ1) is 9.61. The molecule has 0 spiro atoms. The number of aromatic nitrogens is 1. The molecule has 1 aromatic carbocycles. The molecule has 21 heavy (non-hydrogen) atoms. The van der Waals surface area contributed by atoms with Crippen LogP contribution >= 0.6 is 23.7 Å². The van der Waals surface area contributed by atoms with Gasteiger partial charge in [0, 0.05) is 23.5 Å². The largest absolute Gasteiger partial charge is 0.349 e. The lowest BCUT2D eigenvalue weighted by atomic mass is 10.1. The monoisotopic (exact) mass is 325 g/mol. The maximum absolute atomic E-state index is 12.0. The molecule has 1 amide bonds. The van der Waals surface area contributed by atoms with E-state index < -0.39 is 0 Å². The number of thiazole rings is 1. The van der Waals surface area contributed by atoms with Crippen molar-refractivity contribution in [2.45, 2.75) is 19.9 Å². The summed E-state index contributed by atoms with van der Waals surface area (Å²) in [5.74, 6) is -0.122. The van der Waals surface area contributed by atoms with Crippen molar-refractivity contribution in [2.24, 2.45) is 0 Å². The first kappa shape index (κ1) is 17.6. The number of aryl methyl sites for hydroxylation is 1. The molecule has 6 heteroatoms. The van der Waals surface area contributed by atoms with Crippen molar-refractivity contribution in [1.29, 1.82) is 0 Å². The molecule has 0 aliphatic heterocycles. The molecule has 2 N–H and O–H groups in total. The van der Waals surface area contributed by atoms with E-state index in [4.69, 9.17) is 0 Å². The summed E-state index contributed by atoms with van der Waals surface area (Å²) in [6.45, 7) is 4.65. The summed E-state index contributed by atoms with van der Waals surface area (Å²) in [7, 11) is 1.87. The summed E-state index contributed by atoms with van der Waals surface area (Å²) in [4.78, 5) is 16.4.